The van der Waals surface area contributed by atoms with Crippen molar-refractivity contribution in [3.63, 3.8) is 0 Å². The first-order valence-electron chi connectivity index (χ1n) is 6.34. The van der Waals surface area contributed by atoms with Crippen LogP contribution in [0, 0.1) is 0 Å². The van der Waals surface area contributed by atoms with Crippen LogP contribution in [0.1, 0.15) is 27.7 Å². The second kappa shape index (κ2) is 5.95. The molecule has 0 radical (unpaired) electrons. The summed E-state index contributed by atoms with van der Waals surface area (Å²) in [5.74, 6) is 0. The van der Waals surface area contributed by atoms with Crippen LogP contribution in [0.3, 0.4) is 0 Å². The van der Waals surface area contributed by atoms with Gasteiger partial charge in [0.2, 0.25) is 0 Å². The smallest absolute Gasteiger partial charge is 0.297 e. The Hall–Kier alpha value is 0.571. The lowest BCUT2D eigenvalue weighted by molar-refractivity contribution is 0.410. The van der Waals surface area contributed by atoms with Gasteiger partial charge in [-0.05, 0) is 43.8 Å². The molecule has 0 amide bonds. The van der Waals surface area contributed by atoms with Gasteiger partial charge in [-0.3, -0.25) is 0 Å². The Morgan fingerprint density at radius 1 is 0.750 bits per heavy atom. The molecule has 0 fully saturated rings. The molecule has 0 saturated heterocycles. The van der Waals surface area contributed by atoms with Crippen LogP contribution < -0.4 is 0 Å². The van der Waals surface area contributed by atoms with Crippen LogP contribution in [0.4, 0.5) is 0 Å². The van der Waals surface area contributed by atoms with Crippen LogP contribution in [0.25, 0.3) is 0 Å². The summed E-state index contributed by atoms with van der Waals surface area (Å²) in [5, 5.41) is 0. The molecule has 2 nitrogen and oxygen atoms in total. The molecule has 0 rings (SSSR count). The predicted molar refractivity (Wildman–Crippen MR) is 80.3 cm³/mol. The maximum atomic E-state index is 6.28. The zero-order chi connectivity index (χ0) is 13.1. The number of rotatable bonds is 6. The summed E-state index contributed by atoms with van der Waals surface area (Å²) in [6, 6.07) is 0. The second-order valence-electron chi connectivity index (χ2n) is 6.32. The highest BCUT2D eigenvalue weighted by atomic mass is 28.4. The van der Waals surface area contributed by atoms with Gasteiger partial charge in [-0.2, -0.15) is 0 Å². The summed E-state index contributed by atoms with van der Waals surface area (Å²) in [6.07, 6.45) is 0. The molecule has 5 heteroatoms. The first-order chi connectivity index (χ1) is 6.99. The van der Waals surface area contributed by atoms with E-state index in [4.69, 9.17) is 8.23 Å². The van der Waals surface area contributed by atoms with Crippen LogP contribution in [0.15, 0.2) is 0 Å². The Balaban J connectivity index is 4.34. The van der Waals surface area contributed by atoms with Gasteiger partial charge in [0, 0.05) is 0 Å². The highest BCUT2D eigenvalue weighted by Crippen LogP contribution is 2.26. The van der Waals surface area contributed by atoms with Crippen LogP contribution in [-0.4, -0.2) is 25.9 Å². The summed E-state index contributed by atoms with van der Waals surface area (Å²) in [7, 11) is -4.48. The zero-order valence-electron chi connectivity index (χ0n) is 12.5. The minimum Gasteiger partial charge on any atom is -0.438 e. The molecule has 0 unspecified atom stereocenters. The molecule has 16 heavy (non-hydrogen) atoms. The maximum Gasteiger partial charge on any atom is 0.297 e. The van der Waals surface area contributed by atoms with Gasteiger partial charge in [-0.15, -0.1) is 0 Å². The molecule has 0 spiro atoms. The Bertz CT molecular complexity index is 193. The van der Waals surface area contributed by atoms with E-state index in [1.807, 2.05) is 0 Å². The van der Waals surface area contributed by atoms with E-state index in [0.717, 1.165) is 0 Å². The van der Waals surface area contributed by atoms with Crippen LogP contribution in [-0.2, 0) is 8.23 Å². The van der Waals surface area contributed by atoms with Crippen molar-refractivity contribution in [1.29, 1.82) is 0 Å². The third-order valence-corrected chi connectivity index (χ3v) is 16.8. The van der Waals surface area contributed by atoms with Crippen molar-refractivity contribution in [2.24, 2.45) is 0 Å². The van der Waals surface area contributed by atoms with Gasteiger partial charge >= 0.3 is 0 Å². The average Bonchev–Trinajstić information content (AvgIpc) is 2.00. The fourth-order valence-corrected chi connectivity index (χ4v) is 10.8. The normalized spacial score (nSPS) is 14.2. The molecule has 0 aliphatic carbocycles. The fraction of sp³-hybridized carbons (Fsp3) is 1.00. The third kappa shape index (κ3) is 5.27. The van der Waals surface area contributed by atoms with E-state index in [-0.39, 0.29) is 0 Å². The topological polar surface area (TPSA) is 18.5 Å². The molecule has 0 aliphatic heterocycles. The van der Waals surface area contributed by atoms with Gasteiger partial charge in [0.1, 0.15) is 0 Å². The Labute approximate surface area is 106 Å². The fourth-order valence-electron chi connectivity index (χ4n) is 1.15. The first kappa shape index (κ1) is 16.6. The van der Waals surface area contributed by atoms with Crippen molar-refractivity contribution in [1.82, 2.24) is 0 Å². The van der Waals surface area contributed by atoms with E-state index in [1.165, 1.54) is 0 Å². The molecule has 98 valence electrons. The van der Waals surface area contributed by atoms with Crippen LogP contribution in [0.2, 0.25) is 43.8 Å². The Morgan fingerprint density at radius 3 is 1.19 bits per heavy atom. The SMILES string of the molecule is CC(C)[Si](C)(C)O[SiH](C)O[Si](C)(C)C(C)C. The molecule has 0 heterocycles. The van der Waals surface area contributed by atoms with E-state index in [1.54, 1.807) is 0 Å². The molecular weight excluding hydrogens is 248 g/mol. The van der Waals surface area contributed by atoms with E-state index >= 15 is 0 Å². The van der Waals surface area contributed by atoms with E-state index in [0.29, 0.717) is 11.1 Å². The predicted octanol–water partition coefficient (Wildman–Crippen LogP) is 4.10. The summed E-state index contributed by atoms with van der Waals surface area (Å²) in [6.45, 7) is 20.4. The van der Waals surface area contributed by atoms with Crippen molar-refractivity contribution in [2.45, 2.75) is 71.5 Å². The third-order valence-electron chi connectivity index (χ3n) is 3.72. The summed E-state index contributed by atoms with van der Waals surface area (Å²) < 4.78 is 12.6. The van der Waals surface area contributed by atoms with Crippen molar-refractivity contribution in [3.05, 3.63) is 0 Å². The van der Waals surface area contributed by atoms with Crippen molar-refractivity contribution >= 4 is 25.9 Å². The largest absolute Gasteiger partial charge is 0.438 e. The van der Waals surface area contributed by atoms with Gasteiger partial charge in [0.15, 0.2) is 16.6 Å². The Kier molecular flexibility index (Phi) is 6.16. The van der Waals surface area contributed by atoms with Gasteiger partial charge in [-0.1, -0.05) is 27.7 Å². The van der Waals surface area contributed by atoms with Gasteiger partial charge in [-0.25, -0.2) is 0 Å². The van der Waals surface area contributed by atoms with E-state index in [2.05, 4.69) is 60.4 Å². The minimum absolute atomic E-state index is 0.662. The quantitative estimate of drug-likeness (QED) is 0.681. The second-order valence-corrected chi connectivity index (χ2v) is 18.1. The van der Waals surface area contributed by atoms with E-state index < -0.39 is 25.9 Å². The minimum atomic E-state index is -1.52. The molecule has 0 atom stereocenters. The van der Waals surface area contributed by atoms with Gasteiger partial charge < -0.3 is 8.23 Å². The van der Waals surface area contributed by atoms with E-state index in [9.17, 15) is 0 Å². The molecule has 0 saturated carbocycles. The Morgan fingerprint density at radius 2 is 1.00 bits per heavy atom. The maximum absolute atomic E-state index is 6.28. The summed E-state index contributed by atoms with van der Waals surface area (Å²) in [4.78, 5) is 0. The monoisotopic (exact) mass is 278 g/mol. The highest BCUT2D eigenvalue weighted by Gasteiger charge is 2.34. The highest BCUT2D eigenvalue weighted by molar-refractivity contribution is 6.82. The summed E-state index contributed by atoms with van der Waals surface area (Å²) >= 11 is 0. The lowest BCUT2D eigenvalue weighted by atomic mass is 10.6. The zero-order valence-corrected chi connectivity index (χ0v) is 15.7. The molecule has 0 aromatic rings. The van der Waals surface area contributed by atoms with Crippen LogP contribution in [0.5, 0.6) is 0 Å². The van der Waals surface area contributed by atoms with Gasteiger partial charge in [0.25, 0.3) is 9.28 Å². The lowest BCUT2D eigenvalue weighted by Gasteiger charge is -2.35. The van der Waals surface area contributed by atoms with Crippen molar-refractivity contribution in [2.75, 3.05) is 0 Å². The number of hydrogen-bond acceptors (Lipinski definition) is 2. The molecular formula is C11H30O2Si3. The van der Waals surface area contributed by atoms with Crippen molar-refractivity contribution < 1.29 is 8.23 Å². The lowest BCUT2D eigenvalue weighted by Crippen LogP contribution is -2.46. The van der Waals surface area contributed by atoms with Gasteiger partial charge in [0.05, 0.1) is 0 Å². The molecule has 0 aliphatic rings. The first-order valence-corrected chi connectivity index (χ1v) is 14.4. The standard InChI is InChI=1S/C11H30O2Si3/c1-10(2)15(6,7)12-14(5)13-16(8,9)11(3)4/h10-11,14H,1-9H3. The van der Waals surface area contributed by atoms with Crippen molar-refractivity contribution in [3.8, 4) is 0 Å². The molecule has 0 N–H and O–H groups in total. The van der Waals surface area contributed by atoms with Crippen LogP contribution >= 0.6 is 0 Å². The molecule has 0 bridgehead atoms. The summed E-state index contributed by atoms with van der Waals surface area (Å²) in [5.41, 5.74) is 1.32. The molecule has 0 aromatic heterocycles. The molecule has 0 aromatic carbocycles. The number of hydrogen-bond donors (Lipinski definition) is 0. The average molecular weight is 279 g/mol.